The fourth-order valence-corrected chi connectivity index (χ4v) is 5.38. The lowest BCUT2D eigenvalue weighted by molar-refractivity contribution is 0.410. The van der Waals surface area contributed by atoms with E-state index in [2.05, 4.69) is 19.9 Å². The molecule has 0 saturated heterocycles. The predicted octanol–water partition coefficient (Wildman–Crippen LogP) is 9.54. The van der Waals surface area contributed by atoms with Crippen molar-refractivity contribution in [3.8, 4) is 58.0 Å². The SMILES string of the molecule is COc1cnc(-n2c3cc(Oc4cccc(Oc5ccccn5)c4)ccc3c3ccc(Oc4cccc(Oc5ccccn5)c4)cc32)nc1. The van der Waals surface area contributed by atoms with E-state index in [4.69, 9.17) is 23.7 Å². The van der Waals surface area contributed by atoms with Gasteiger partial charge in [-0.3, -0.25) is 4.57 Å². The van der Waals surface area contributed by atoms with E-state index in [9.17, 15) is 0 Å². The largest absolute Gasteiger partial charge is 0.494 e. The van der Waals surface area contributed by atoms with Gasteiger partial charge in [0.1, 0.15) is 34.5 Å². The summed E-state index contributed by atoms with van der Waals surface area (Å²) >= 11 is 0. The molecule has 0 N–H and O–H groups in total. The minimum atomic E-state index is 0.464. The summed E-state index contributed by atoms with van der Waals surface area (Å²) in [4.78, 5) is 17.7. The van der Waals surface area contributed by atoms with Crippen LogP contribution in [0.15, 0.2) is 146 Å². The first-order valence-corrected chi connectivity index (χ1v) is 15.4. The number of aromatic nitrogens is 5. The van der Waals surface area contributed by atoms with Gasteiger partial charge in [-0.05, 0) is 60.7 Å². The summed E-state index contributed by atoms with van der Waals surface area (Å²) < 4.78 is 31.8. The number of benzene rings is 4. The highest BCUT2D eigenvalue weighted by Crippen LogP contribution is 2.38. The molecule has 0 bridgehead atoms. The minimum absolute atomic E-state index is 0.464. The van der Waals surface area contributed by atoms with Gasteiger partial charge in [0.05, 0.1) is 30.5 Å². The fraction of sp³-hybridized carbons (Fsp3) is 0.0256. The van der Waals surface area contributed by atoms with Crippen molar-refractivity contribution in [2.24, 2.45) is 0 Å². The van der Waals surface area contributed by atoms with E-state index < -0.39 is 0 Å². The van der Waals surface area contributed by atoms with Crippen LogP contribution in [0.2, 0.25) is 0 Å². The van der Waals surface area contributed by atoms with Crippen LogP contribution in [0.3, 0.4) is 0 Å². The number of pyridine rings is 2. The summed E-state index contributed by atoms with van der Waals surface area (Å²) in [5.41, 5.74) is 1.70. The molecule has 0 aliphatic heterocycles. The maximum atomic E-state index is 6.33. The summed E-state index contributed by atoms with van der Waals surface area (Å²) in [7, 11) is 1.58. The normalized spacial score (nSPS) is 11.0. The zero-order valence-corrected chi connectivity index (χ0v) is 26.1. The molecule has 0 radical (unpaired) electrons. The Morgan fingerprint density at radius 1 is 0.429 bits per heavy atom. The third-order valence-corrected chi connectivity index (χ3v) is 7.56. The van der Waals surface area contributed by atoms with Crippen LogP contribution in [0.4, 0.5) is 0 Å². The Labute approximate surface area is 280 Å². The van der Waals surface area contributed by atoms with Crippen LogP contribution >= 0.6 is 0 Å². The van der Waals surface area contributed by atoms with Crippen molar-refractivity contribution in [2.45, 2.75) is 0 Å². The first kappa shape index (κ1) is 29.5. The molecule has 0 fully saturated rings. The van der Waals surface area contributed by atoms with Crippen molar-refractivity contribution in [1.82, 2.24) is 24.5 Å². The number of ether oxygens (including phenoxy) is 5. The van der Waals surface area contributed by atoms with Crippen molar-refractivity contribution < 1.29 is 23.7 Å². The van der Waals surface area contributed by atoms with Gasteiger partial charge < -0.3 is 23.7 Å². The number of hydrogen-bond acceptors (Lipinski definition) is 9. The van der Waals surface area contributed by atoms with Gasteiger partial charge >= 0.3 is 0 Å². The lowest BCUT2D eigenvalue weighted by Gasteiger charge is -2.11. The minimum Gasteiger partial charge on any atom is -0.494 e. The third-order valence-electron chi connectivity index (χ3n) is 7.56. The molecule has 0 aliphatic carbocycles. The summed E-state index contributed by atoms with van der Waals surface area (Å²) in [5.74, 6) is 5.71. The molecule has 238 valence electrons. The number of hydrogen-bond donors (Lipinski definition) is 0. The molecule has 4 aromatic carbocycles. The zero-order valence-electron chi connectivity index (χ0n) is 26.1. The smallest absolute Gasteiger partial charge is 0.234 e. The van der Waals surface area contributed by atoms with Crippen molar-refractivity contribution in [3.63, 3.8) is 0 Å². The van der Waals surface area contributed by atoms with Crippen LogP contribution in [0.5, 0.6) is 52.0 Å². The predicted molar refractivity (Wildman–Crippen MR) is 185 cm³/mol. The summed E-state index contributed by atoms with van der Waals surface area (Å²) in [6, 6.07) is 37.7. The first-order chi connectivity index (χ1) is 24.2. The zero-order chi connectivity index (χ0) is 33.0. The third kappa shape index (κ3) is 6.38. The fourth-order valence-electron chi connectivity index (χ4n) is 5.38. The molecular weight excluding hydrogens is 618 g/mol. The number of nitrogens with zero attached hydrogens (tertiary/aromatic N) is 5. The molecule has 0 aliphatic rings. The Morgan fingerprint density at radius 2 is 0.898 bits per heavy atom. The second-order valence-electron chi connectivity index (χ2n) is 10.8. The van der Waals surface area contributed by atoms with Gasteiger partial charge in [-0.25, -0.2) is 19.9 Å². The van der Waals surface area contributed by atoms with E-state index in [-0.39, 0.29) is 0 Å². The lowest BCUT2D eigenvalue weighted by atomic mass is 10.1. The Balaban J connectivity index is 1.15. The molecule has 49 heavy (non-hydrogen) atoms. The molecule has 10 heteroatoms. The molecule has 0 saturated carbocycles. The molecule has 0 atom stereocenters. The van der Waals surface area contributed by atoms with Gasteiger partial charge in [0.25, 0.3) is 0 Å². The Hall–Kier alpha value is -6.94. The van der Waals surface area contributed by atoms with Gasteiger partial charge in [0.15, 0.2) is 5.75 Å². The second kappa shape index (κ2) is 13.0. The summed E-state index contributed by atoms with van der Waals surface area (Å²) in [6.07, 6.45) is 6.65. The molecule has 0 unspecified atom stereocenters. The van der Waals surface area contributed by atoms with Crippen LogP contribution in [0.25, 0.3) is 27.8 Å². The lowest BCUT2D eigenvalue weighted by Crippen LogP contribution is -2.01. The highest BCUT2D eigenvalue weighted by molar-refractivity contribution is 6.09. The van der Waals surface area contributed by atoms with Crippen LogP contribution in [-0.4, -0.2) is 31.6 Å². The van der Waals surface area contributed by atoms with Gasteiger partial charge in [-0.15, -0.1) is 0 Å². The van der Waals surface area contributed by atoms with Crippen LogP contribution in [-0.2, 0) is 0 Å². The van der Waals surface area contributed by atoms with Crippen molar-refractivity contribution in [3.05, 3.63) is 146 Å². The van der Waals surface area contributed by atoms with Gasteiger partial charge in [0, 0.05) is 59.6 Å². The summed E-state index contributed by atoms with van der Waals surface area (Å²) in [6.45, 7) is 0. The van der Waals surface area contributed by atoms with E-state index >= 15 is 0 Å². The standard InChI is InChI=1S/C39H27N5O5/c1-45-32-24-42-39(43-25-32)44-35-22-30(46-26-8-6-10-28(20-26)48-37-12-2-4-18-40-37)14-16-33(35)34-17-15-31(23-36(34)44)47-27-9-7-11-29(21-27)49-38-13-3-5-19-41-38/h2-25H,1H3. The van der Waals surface area contributed by atoms with Gasteiger partial charge in [-0.1, -0.05) is 24.3 Å². The van der Waals surface area contributed by atoms with Crippen LogP contribution in [0, 0.1) is 0 Å². The topological polar surface area (TPSA) is 103 Å². The Morgan fingerprint density at radius 3 is 1.35 bits per heavy atom. The molecular formula is C39H27N5O5. The van der Waals surface area contributed by atoms with Crippen LogP contribution in [0.1, 0.15) is 0 Å². The van der Waals surface area contributed by atoms with Gasteiger partial charge in [0.2, 0.25) is 17.7 Å². The van der Waals surface area contributed by atoms with Crippen molar-refractivity contribution >= 4 is 21.8 Å². The Kier molecular flexibility index (Phi) is 7.85. The number of rotatable bonds is 10. The average Bonchev–Trinajstić information content (AvgIpc) is 3.45. The molecule has 4 heterocycles. The first-order valence-electron chi connectivity index (χ1n) is 15.4. The highest BCUT2D eigenvalue weighted by atomic mass is 16.5. The molecule has 0 amide bonds. The molecule has 8 aromatic rings. The summed E-state index contributed by atoms with van der Waals surface area (Å²) in [5, 5.41) is 1.98. The Bertz CT molecular complexity index is 2240. The van der Waals surface area contributed by atoms with E-state index in [0.29, 0.717) is 58.0 Å². The molecule has 8 rings (SSSR count). The van der Waals surface area contributed by atoms with E-state index in [0.717, 1.165) is 21.8 Å². The van der Waals surface area contributed by atoms with E-state index in [1.165, 1.54) is 0 Å². The number of fused-ring (bicyclic) bond motifs is 3. The quantitative estimate of drug-likeness (QED) is 0.144. The maximum Gasteiger partial charge on any atom is 0.234 e. The maximum absolute atomic E-state index is 6.33. The average molecular weight is 646 g/mol. The number of methoxy groups -OCH3 is 1. The van der Waals surface area contributed by atoms with Crippen molar-refractivity contribution in [2.75, 3.05) is 7.11 Å². The van der Waals surface area contributed by atoms with Crippen molar-refractivity contribution in [1.29, 1.82) is 0 Å². The molecule has 4 aromatic heterocycles. The monoisotopic (exact) mass is 645 g/mol. The van der Waals surface area contributed by atoms with E-state index in [1.807, 2.05) is 114 Å². The van der Waals surface area contributed by atoms with Crippen LogP contribution < -0.4 is 23.7 Å². The second-order valence-corrected chi connectivity index (χ2v) is 10.8. The van der Waals surface area contributed by atoms with Gasteiger partial charge in [-0.2, -0.15) is 0 Å². The molecule has 0 spiro atoms. The molecule has 10 nitrogen and oxygen atoms in total. The highest BCUT2D eigenvalue weighted by Gasteiger charge is 2.17. The van der Waals surface area contributed by atoms with E-state index in [1.54, 1.807) is 44.0 Å².